The number of hydrogen-bond acceptors (Lipinski definition) is 4. The maximum absolute atomic E-state index is 8.87. The number of likely N-dealkylation sites (tertiary alicyclic amines) is 1. The molecule has 0 aromatic carbocycles. The number of morpholine rings is 1. The minimum atomic E-state index is 0.111. The van der Waals surface area contributed by atoms with Crippen molar-refractivity contribution in [1.29, 1.82) is 0 Å². The topological polar surface area (TPSA) is 35.9 Å². The summed E-state index contributed by atoms with van der Waals surface area (Å²) in [5, 5.41) is 8.87. The van der Waals surface area contributed by atoms with Crippen molar-refractivity contribution < 1.29 is 9.84 Å². The second kappa shape index (κ2) is 8.10. The van der Waals surface area contributed by atoms with Gasteiger partial charge in [0.05, 0.1) is 12.2 Å². The van der Waals surface area contributed by atoms with Crippen molar-refractivity contribution in [2.45, 2.75) is 38.7 Å². The number of rotatable bonds is 3. The minimum Gasteiger partial charge on any atom is -0.396 e. The largest absolute Gasteiger partial charge is 0.396 e. The summed E-state index contributed by atoms with van der Waals surface area (Å²) in [7, 11) is 2.18. The second-order valence-corrected chi connectivity index (χ2v) is 5.19. The van der Waals surface area contributed by atoms with Gasteiger partial charge in [0.15, 0.2) is 0 Å². The first-order valence-corrected chi connectivity index (χ1v) is 7.40. The van der Waals surface area contributed by atoms with E-state index in [0.29, 0.717) is 6.61 Å². The van der Waals surface area contributed by atoms with Crippen LogP contribution in [0.4, 0.5) is 0 Å². The molecule has 18 heavy (non-hydrogen) atoms. The Kier molecular flexibility index (Phi) is 7.15. The molecule has 4 heteroatoms. The summed E-state index contributed by atoms with van der Waals surface area (Å²) in [5.41, 5.74) is 0.111. The van der Waals surface area contributed by atoms with Crippen LogP contribution in [0.2, 0.25) is 0 Å². The van der Waals surface area contributed by atoms with E-state index in [4.69, 9.17) is 9.84 Å². The SMILES string of the molecule is CC.CN1CCC2(CC1)CN(CCCO)CCO2. The maximum Gasteiger partial charge on any atom is 0.0833 e. The van der Waals surface area contributed by atoms with Gasteiger partial charge < -0.3 is 14.7 Å². The fraction of sp³-hybridized carbons (Fsp3) is 1.00. The van der Waals surface area contributed by atoms with Gasteiger partial charge in [-0.15, -0.1) is 0 Å². The van der Waals surface area contributed by atoms with Crippen molar-refractivity contribution in [3.05, 3.63) is 0 Å². The van der Waals surface area contributed by atoms with Crippen LogP contribution in [0.3, 0.4) is 0 Å². The standard InChI is InChI=1S/C12H24N2O2.C2H6/c1-13-6-3-12(4-7-13)11-14(5-2-9-15)8-10-16-12;1-2/h15H,2-11H2,1H3;1-2H3. The summed E-state index contributed by atoms with van der Waals surface area (Å²) < 4.78 is 6.03. The molecule has 108 valence electrons. The van der Waals surface area contributed by atoms with Crippen molar-refractivity contribution in [1.82, 2.24) is 9.80 Å². The molecule has 2 aliphatic heterocycles. The number of ether oxygens (including phenoxy) is 1. The Hall–Kier alpha value is -0.160. The van der Waals surface area contributed by atoms with Crippen LogP contribution < -0.4 is 0 Å². The zero-order valence-electron chi connectivity index (χ0n) is 12.3. The van der Waals surface area contributed by atoms with Crippen molar-refractivity contribution in [3.8, 4) is 0 Å². The first kappa shape index (κ1) is 15.9. The molecule has 1 spiro atoms. The first-order valence-electron chi connectivity index (χ1n) is 7.40. The summed E-state index contributed by atoms with van der Waals surface area (Å²) in [6, 6.07) is 0. The van der Waals surface area contributed by atoms with Crippen LogP contribution in [0.1, 0.15) is 33.1 Å². The molecule has 0 radical (unpaired) electrons. The van der Waals surface area contributed by atoms with Crippen LogP contribution in [-0.4, -0.2) is 73.5 Å². The molecule has 1 N–H and O–H groups in total. The van der Waals surface area contributed by atoms with Gasteiger partial charge in [0.2, 0.25) is 0 Å². The molecule has 0 saturated carbocycles. The Morgan fingerprint density at radius 3 is 2.44 bits per heavy atom. The fourth-order valence-corrected chi connectivity index (χ4v) is 2.74. The van der Waals surface area contributed by atoms with Crippen LogP contribution in [0.5, 0.6) is 0 Å². The summed E-state index contributed by atoms with van der Waals surface area (Å²) in [6.45, 7) is 10.5. The van der Waals surface area contributed by atoms with Gasteiger partial charge in [-0.1, -0.05) is 13.8 Å². The lowest BCUT2D eigenvalue weighted by atomic mass is 9.89. The number of piperidine rings is 1. The molecule has 0 unspecified atom stereocenters. The lowest BCUT2D eigenvalue weighted by Gasteiger charge is -2.46. The monoisotopic (exact) mass is 258 g/mol. The minimum absolute atomic E-state index is 0.111. The molecular weight excluding hydrogens is 228 g/mol. The Morgan fingerprint density at radius 1 is 1.17 bits per heavy atom. The zero-order chi connectivity index (χ0) is 13.4. The van der Waals surface area contributed by atoms with Crippen molar-refractivity contribution in [2.75, 3.05) is 53.0 Å². The molecule has 4 nitrogen and oxygen atoms in total. The van der Waals surface area contributed by atoms with Gasteiger partial charge in [0, 0.05) is 39.3 Å². The highest BCUT2D eigenvalue weighted by atomic mass is 16.5. The predicted molar refractivity (Wildman–Crippen MR) is 74.9 cm³/mol. The smallest absolute Gasteiger partial charge is 0.0833 e. The highest BCUT2D eigenvalue weighted by Crippen LogP contribution is 2.29. The quantitative estimate of drug-likeness (QED) is 0.825. The molecule has 0 atom stereocenters. The average molecular weight is 258 g/mol. The third-order valence-corrected chi connectivity index (χ3v) is 3.86. The van der Waals surface area contributed by atoms with Gasteiger partial charge in [-0.3, -0.25) is 4.90 Å². The summed E-state index contributed by atoms with van der Waals surface area (Å²) >= 11 is 0. The molecule has 2 saturated heterocycles. The summed E-state index contributed by atoms with van der Waals surface area (Å²) in [6.07, 6.45) is 3.19. The van der Waals surface area contributed by atoms with Crippen LogP contribution in [0.15, 0.2) is 0 Å². The zero-order valence-corrected chi connectivity index (χ0v) is 12.3. The number of hydrogen-bond donors (Lipinski definition) is 1. The van der Waals surface area contributed by atoms with Crippen LogP contribution >= 0.6 is 0 Å². The van der Waals surface area contributed by atoms with E-state index >= 15 is 0 Å². The van der Waals surface area contributed by atoms with E-state index in [1.54, 1.807) is 0 Å². The molecule has 2 aliphatic rings. The first-order chi connectivity index (χ1) is 8.74. The Morgan fingerprint density at radius 2 is 1.83 bits per heavy atom. The van der Waals surface area contributed by atoms with Gasteiger partial charge in [-0.05, 0) is 26.3 Å². The van der Waals surface area contributed by atoms with Gasteiger partial charge in [-0.2, -0.15) is 0 Å². The molecule has 0 aromatic rings. The van der Waals surface area contributed by atoms with Crippen molar-refractivity contribution in [3.63, 3.8) is 0 Å². The third-order valence-electron chi connectivity index (χ3n) is 3.86. The molecular formula is C14H30N2O2. The summed E-state index contributed by atoms with van der Waals surface area (Å²) in [5.74, 6) is 0. The van der Waals surface area contributed by atoms with Gasteiger partial charge in [0.25, 0.3) is 0 Å². The van der Waals surface area contributed by atoms with E-state index < -0.39 is 0 Å². The molecule has 2 heterocycles. The third kappa shape index (κ3) is 4.50. The number of aliphatic hydroxyl groups excluding tert-OH is 1. The van der Waals surface area contributed by atoms with Gasteiger partial charge >= 0.3 is 0 Å². The lowest BCUT2D eigenvalue weighted by molar-refractivity contribution is -0.134. The maximum atomic E-state index is 8.87. The van der Waals surface area contributed by atoms with Gasteiger partial charge in [-0.25, -0.2) is 0 Å². The lowest BCUT2D eigenvalue weighted by Crippen LogP contribution is -2.56. The molecule has 2 fully saturated rings. The van der Waals surface area contributed by atoms with E-state index in [1.165, 1.54) is 0 Å². The van der Waals surface area contributed by atoms with E-state index in [-0.39, 0.29) is 5.60 Å². The highest BCUT2D eigenvalue weighted by molar-refractivity contribution is 4.92. The average Bonchev–Trinajstić information content (AvgIpc) is 2.43. The van der Waals surface area contributed by atoms with Crippen LogP contribution in [0, 0.1) is 0 Å². The summed E-state index contributed by atoms with van der Waals surface area (Å²) in [4.78, 5) is 4.83. The van der Waals surface area contributed by atoms with Crippen molar-refractivity contribution in [2.24, 2.45) is 0 Å². The fourth-order valence-electron chi connectivity index (χ4n) is 2.74. The van der Waals surface area contributed by atoms with E-state index in [2.05, 4.69) is 16.8 Å². The Bertz CT molecular complexity index is 216. The normalized spacial score (nSPS) is 24.7. The molecule has 2 rings (SSSR count). The van der Waals surface area contributed by atoms with Crippen LogP contribution in [0.25, 0.3) is 0 Å². The Balaban J connectivity index is 0.000000771. The van der Waals surface area contributed by atoms with E-state index in [0.717, 1.165) is 58.6 Å². The van der Waals surface area contributed by atoms with E-state index in [1.807, 2.05) is 13.8 Å². The number of aliphatic hydroxyl groups is 1. The Labute approximate surface area is 112 Å². The number of nitrogens with zero attached hydrogens (tertiary/aromatic N) is 2. The molecule has 0 amide bonds. The second-order valence-electron chi connectivity index (χ2n) is 5.19. The highest BCUT2D eigenvalue weighted by Gasteiger charge is 2.38. The predicted octanol–water partition coefficient (Wildman–Crippen LogP) is 1.19. The van der Waals surface area contributed by atoms with Crippen molar-refractivity contribution >= 4 is 0 Å². The van der Waals surface area contributed by atoms with E-state index in [9.17, 15) is 0 Å². The van der Waals surface area contributed by atoms with Gasteiger partial charge in [0.1, 0.15) is 0 Å². The van der Waals surface area contributed by atoms with Crippen LogP contribution in [-0.2, 0) is 4.74 Å². The molecule has 0 aromatic heterocycles. The molecule has 0 aliphatic carbocycles. The molecule has 0 bridgehead atoms.